The maximum atomic E-state index is 13.3. The van der Waals surface area contributed by atoms with Crippen molar-refractivity contribution in [2.24, 2.45) is 5.10 Å². The normalized spacial score (nSPS) is 14.1. The number of morpholine rings is 1. The number of ether oxygens (including phenoxy) is 2. The second-order valence-electron chi connectivity index (χ2n) is 8.25. The fourth-order valence-electron chi connectivity index (χ4n) is 3.76. The van der Waals surface area contributed by atoms with Crippen molar-refractivity contribution in [2.75, 3.05) is 32.9 Å². The molecule has 2 aromatic carbocycles. The Balaban J connectivity index is 1.58. The number of hydrogen-bond donors (Lipinski definition) is 0. The number of fused-ring (bicyclic) bond motifs is 1. The van der Waals surface area contributed by atoms with Gasteiger partial charge in [-0.1, -0.05) is 29.3 Å². The number of benzene rings is 2. The van der Waals surface area contributed by atoms with E-state index in [4.69, 9.17) is 14.5 Å². The van der Waals surface area contributed by atoms with E-state index in [0.717, 1.165) is 30.0 Å². The fraction of sp³-hybridized carbons (Fsp3) is 0.360. The van der Waals surface area contributed by atoms with E-state index in [-0.39, 0.29) is 18.1 Å². The topological polar surface area (TPSA) is 86.0 Å². The summed E-state index contributed by atoms with van der Waals surface area (Å²) in [6, 6.07) is 9.34. The van der Waals surface area contributed by atoms with Gasteiger partial charge in [-0.05, 0) is 87.5 Å². The minimum absolute atomic E-state index is 0.0199. The predicted molar refractivity (Wildman–Crippen MR) is 160 cm³/mol. The number of aromatic nitrogens is 2. The Hall–Kier alpha value is -1.58. The van der Waals surface area contributed by atoms with Gasteiger partial charge in [0.25, 0.3) is 11.5 Å². The van der Waals surface area contributed by atoms with E-state index < -0.39 is 0 Å². The molecule has 3 aromatic rings. The summed E-state index contributed by atoms with van der Waals surface area (Å²) in [4.78, 5) is 32.2. The lowest BCUT2D eigenvalue weighted by Gasteiger charge is -2.26. The first-order valence-corrected chi connectivity index (χ1v) is 14.6. The second kappa shape index (κ2) is 12.8. The average Bonchev–Trinajstić information content (AvgIpc) is 2.87. The van der Waals surface area contributed by atoms with Crippen molar-refractivity contribution < 1.29 is 14.3 Å². The van der Waals surface area contributed by atoms with E-state index in [0.29, 0.717) is 55.2 Å². The average molecular weight is 779 g/mol. The molecular weight excluding hydrogens is 754 g/mol. The van der Waals surface area contributed by atoms with Crippen molar-refractivity contribution >= 4 is 84.1 Å². The van der Waals surface area contributed by atoms with Gasteiger partial charge in [0.05, 0.1) is 37.5 Å². The summed E-state index contributed by atoms with van der Waals surface area (Å²) in [6.07, 6.45) is 4.22. The van der Waals surface area contributed by atoms with E-state index in [9.17, 15) is 9.59 Å². The number of carbonyl (C=O) groups is 1. The van der Waals surface area contributed by atoms with Gasteiger partial charge < -0.3 is 14.4 Å². The number of aryl methyl sites for hydroxylation is 1. The van der Waals surface area contributed by atoms with Crippen LogP contribution in [0, 0.1) is 7.14 Å². The predicted octanol–water partition coefficient (Wildman–Crippen LogP) is 4.83. The van der Waals surface area contributed by atoms with Gasteiger partial charge >= 0.3 is 0 Å². The summed E-state index contributed by atoms with van der Waals surface area (Å²) in [7, 11) is 0. The van der Waals surface area contributed by atoms with Crippen LogP contribution in [0.5, 0.6) is 5.75 Å². The van der Waals surface area contributed by atoms with Crippen LogP contribution < -0.4 is 10.3 Å². The Bertz CT molecular complexity index is 1330. The van der Waals surface area contributed by atoms with Crippen molar-refractivity contribution in [3.8, 4) is 5.75 Å². The lowest BCUT2D eigenvalue weighted by atomic mass is 10.2. The van der Waals surface area contributed by atoms with Gasteiger partial charge in [-0.15, -0.1) is 0 Å². The molecule has 0 unspecified atom stereocenters. The van der Waals surface area contributed by atoms with Gasteiger partial charge in [-0.25, -0.2) is 4.98 Å². The molecule has 0 N–H and O–H groups in total. The van der Waals surface area contributed by atoms with Crippen molar-refractivity contribution in [3.63, 3.8) is 0 Å². The number of halogens is 3. The number of rotatable bonds is 8. The van der Waals surface area contributed by atoms with Crippen molar-refractivity contribution in [3.05, 3.63) is 63.7 Å². The van der Waals surface area contributed by atoms with Crippen LogP contribution in [0.25, 0.3) is 10.9 Å². The molecule has 0 radical (unpaired) electrons. The minimum Gasteiger partial charge on any atom is -0.482 e. The summed E-state index contributed by atoms with van der Waals surface area (Å²) in [5.74, 6) is 1.25. The maximum absolute atomic E-state index is 13.3. The number of carbonyl (C=O) groups excluding carboxylic acids is 1. The van der Waals surface area contributed by atoms with Crippen LogP contribution in [0.15, 0.2) is 44.7 Å². The summed E-state index contributed by atoms with van der Waals surface area (Å²) >= 11 is 7.82. The lowest BCUT2D eigenvalue weighted by molar-refractivity contribution is -0.137. The van der Waals surface area contributed by atoms with Crippen LogP contribution >= 0.6 is 61.1 Å². The zero-order valence-electron chi connectivity index (χ0n) is 19.7. The van der Waals surface area contributed by atoms with Crippen LogP contribution in [0.2, 0.25) is 0 Å². The summed E-state index contributed by atoms with van der Waals surface area (Å²) in [5, 5.41) is 5.05. The molecule has 1 amide bonds. The fourth-order valence-corrected chi connectivity index (χ4v) is 6.25. The number of nitrogens with zero attached hydrogens (tertiary/aromatic N) is 4. The molecule has 0 spiro atoms. The molecule has 11 heteroatoms. The zero-order chi connectivity index (χ0) is 25.7. The minimum atomic E-state index is -0.199. The molecule has 1 aliphatic heterocycles. The van der Waals surface area contributed by atoms with Crippen LogP contribution in [-0.2, 0) is 16.0 Å². The van der Waals surface area contributed by atoms with Gasteiger partial charge in [-0.3, -0.25) is 9.59 Å². The molecule has 1 saturated heterocycles. The molecule has 8 nitrogen and oxygen atoms in total. The third-order valence-electron chi connectivity index (χ3n) is 5.68. The first kappa shape index (κ1) is 27.5. The molecule has 2 heterocycles. The molecule has 190 valence electrons. The Morgan fingerprint density at radius 1 is 1.22 bits per heavy atom. The zero-order valence-corrected chi connectivity index (χ0v) is 25.6. The smallest absolute Gasteiger partial charge is 0.282 e. The molecule has 0 atom stereocenters. The third-order valence-corrected chi connectivity index (χ3v) is 7.77. The van der Waals surface area contributed by atoms with Gasteiger partial charge in [-0.2, -0.15) is 9.78 Å². The molecule has 1 fully saturated rings. The number of unbranched alkanes of at least 4 members (excludes halogenated alkanes) is 1. The monoisotopic (exact) mass is 778 g/mol. The van der Waals surface area contributed by atoms with Gasteiger partial charge in [0.2, 0.25) is 0 Å². The van der Waals surface area contributed by atoms with Crippen molar-refractivity contribution in [1.29, 1.82) is 0 Å². The van der Waals surface area contributed by atoms with Crippen LogP contribution in [-0.4, -0.2) is 59.6 Å². The van der Waals surface area contributed by atoms with E-state index in [1.165, 1.54) is 4.68 Å². The molecule has 4 rings (SSSR count). The molecular formula is C25H25BrI2N4O4. The first-order chi connectivity index (χ1) is 17.4. The first-order valence-electron chi connectivity index (χ1n) is 11.6. The highest BCUT2D eigenvalue weighted by molar-refractivity contribution is 14.1. The summed E-state index contributed by atoms with van der Waals surface area (Å²) < 4.78 is 15.1. The lowest BCUT2D eigenvalue weighted by Crippen LogP contribution is -2.43. The molecule has 1 aliphatic rings. The Morgan fingerprint density at radius 2 is 1.94 bits per heavy atom. The second-order valence-corrected chi connectivity index (χ2v) is 11.5. The SMILES string of the molecule is CCCCc1nc2ccc(Br)cc2c(=O)n1N=Cc1cc(I)c(OCC(=O)N2CCOCC2)c(I)c1. The summed E-state index contributed by atoms with van der Waals surface area (Å²) in [5.41, 5.74) is 1.28. The largest absolute Gasteiger partial charge is 0.482 e. The Morgan fingerprint density at radius 3 is 2.64 bits per heavy atom. The maximum Gasteiger partial charge on any atom is 0.282 e. The number of hydrogen-bond acceptors (Lipinski definition) is 6. The van der Waals surface area contributed by atoms with Crippen LogP contribution in [0.1, 0.15) is 31.2 Å². The third kappa shape index (κ3) is 6.64. The molecule has 36 heavy (non-hydrogen) atoms. The van der Waals surface area contributed by atoms with Crippen molar-refractivity contribution in [2.45, 2.75) is 26.2 Å². The summed E-state index contributed by atoms with van der Waals surface area (Å²) in [6.45, 7) is 4.38. The van der Waals surface area contributed by atoms with Gasteiger partial charge in [0.1, 0.15) is 11.6 Å². The van der Waals surface area contributed by atoms with E-state index in [2.05, 4.69) is 73.1 Å². The quantitative estimate of drug-likeness (QED) is 0.242. The van der Waals surface area contributed by atoms with E-state index >= 15 is 0 Å². The molecule has 0 aliphatic carbocycles. The van der Waals surface area contributed by atoms with E-state index in [1.807, 2.05) is 24.3 Å². The molecule has 0 saturated carbocycles. The Kier molecular flexibility index (Phi) is 9.75. The molecule has 0 bridgehead atoms. The highest BCUT2D eigenvalue weighted by Gasteiger charge is 2.19. The van der Waals surface area contributed by atoms with Gasteiger partial charge in [0.15, 0.2) is 6.61 Å². The standard InChI is InChI=1S/C25H25BrI2N4O4/c1-2-3-4-22-30-21-6-5-17(26)13-18(21)25(34)32(22)29-14-16-11-19(27)24(20(28)12-16)36-15-23(33)31-7-9-35-10-8-31/h5-6,11-14H,2-4,7-10,15H2,1H3. The molecule has 1 aromatic heterocycles. The van der Waals surface area contributed by atoms with Gasteiger partial charge in [0, 0.05) is 24.0 Å². The highest BCUT2D eigenvalue weighted by atomic mass is 127. The van der Waals surface area contributed by atoms with Crippen LogP contribution in [0.3, 0.4) is 0 Å². The Labute approximate surface area is 244 Å². The van der Waals surface area contributed by atoms with E-state index in [1.54, 1.807) is 17.2 Å². The number of amides is 1. The highest BCUT2D eigenvalue weighted by Crippen LogP contribution is 2.29. The van der Waals surface area contributed by atoms with Crippen molar-refractivity contribution in [1.82, 2.24) is 14.6 Å². The van der Waals surface area contributed by atoms with Crippen LogP contribution in [0.4, 0.5) is 0 Å².